The molecule has 0 aromatic heterocycles. The molecule has 0 aliphatic carbocycles. The summed E-state index contributed by atoms with van der Waals surface area (Å²) < 4.78 is 0. The lowest BCUT2D eigenvalue weighted by atomic mass is 10.0. The van der Waals surface area contributed by atoms with Gasteiger partial charge in [0.2, 0.25) is 11.8 Å². The van der Waals surface area contributed by atoms with Crippen molar-refractivity contribution in [2.45, 2.75) is 13.0 Å². The number of hydrogen-bond acceptors (Lipinski definition) is 2. The van der Waals surface area contributed by atoms with Gasteiger partial charge in [-0.1, -0.05) is 36.4 Å². The third kappa shape index (κ3) is 2.42. The van der Waals surface area contributed by atoms with E-state index in [0.717, 1.165) is 5.56 Å². The third-order valence-corrected chi connectivity index (χ3v) is 2.92. The number of hydrogen-bond donors (Lipinski definition) is 1. The highest BCUT2D eigenvalue weighted by molar-refractivity contribution is 5.94. The lowest BCUT2D eigenvalue weighted by molar-refractivity contribution is -0.140. The van der Waals surface area contributed by atoms with Crippen molar-refractivity contribution in [3.05, 3.63) is 48.0 Å². The number of piperazine rings is 1. The molecule has 2 amide bonds. The van der Waals surface area contributed by atoms with Gasteiger partial charge in [-0.2, -0.15) is 0 Å². The Kier molecular flexibility index (Phi) is 3.77. The SMILES string of the molecule is C/C=C/C(=O)N1CCNC(=O)C1c1ccccc1. The summed E-state index contributed by atoms with van der Waals surface area (Å²) in [6.45, 7) is 2.83. The third-order valence-electron chi connectivity index (χ3n) is 2.92. The predicted molar refractivity (Wildman–Crippen MR) is 68.7 cm³/mol. The summed E-state index contributed by atoms with van der Waals surface area (Å²) in [7, 11) is 0. The fraction of sp³-hybridized carbons (Fsp3) is 0.286. The molecule has 1 atom stereocenters. The monoisotopic (exact) mass is 244 g/mol. The Morgan fingerprint density at radius 2 is 2.11 bits per heavy atom. The number of allylic oxidation sites excluding steroid dienone is 1. The zero-order valence-corrected chi connectivity index (χ0v) is 10.3. The zero-order chi connectivity index (χ0) is 13.0. The molecule has 1 aliphatic rings. The second-order valence-electron chi connectivity index (χ2n) is 4.14. The molecule has 4 nitrogen and oxygen atoms in total. The maximum absolute atomic E-state index is 12.0. The second-order valence-corrected chi connectivity index (χ2v) is 4.14. The zero-order valence-electron chi connectivity index (χ0n) is 10.3. The van der Waals surface area contributed by atoms with Gasteiger partial charge in [-0.15, -0.1) is 0 Å². The summed E-state index contributed by atoms with van der Waals surface area (Å²) in [5, 5.41) is 2.80. The number of rotatable bonds is 2. The van der Waals surface area contributed by atoms with Crippen molar-refractivity contribution in [3.8, 4) is 0 Å². The van der Waals surface area contributed by atoms with Crippen LogP contribution in [0.5, 0.6) is 0 Å². The molecule has 1 unspecified atom stereocenters. The first-order chi connectivity index (χ1) is 8.74. The van der Waals surface area contributed by atoms with Gasteiger partial charge in [0.1, 0.15) is 6.04 Å². The molecule has 1 aliphatic heterocycles. The normalized spacial score (nSPS) is 19.9. The highest BCUT2D eigenvalue weighted by atomic mass is 16.2. The first-order valence-corrected chi connectivity index (χ1v) is 6.00. The van der Waals surface area contributed by atoms with E-state index in [1.54, 1.807) is 17.9 Å². The number of nitrogens with zero attached hydrogens (tertiary/aromatic N) is 1. The van der Waals surface area contributed by atoms with Gasteiger partial charge >= 0.3 is 0 Å². The van der Waals surface area contributed by atoms with E-state index < -0.39 is 6.04 Å². The molecule has 1 fully saturated rings. The predicted octanol–water partition coefficient (Wildman–Crippen LogP) is 1.26. The van der Waals surface area contributed by atoms with Crippen molar-refractivity contribution in [3.63, 3.8) is 0 Å². The van der Waals surface area contributed by atoms with Crippen LogP contribution in [0.3, 0.4) is 0 Å². The summed E-state index contributed by atoms with van der Waals surface area (Å²) in [4.78, 5) is 25.6. The molecule has 1 aromatic carbocycles. The summed E-state index contributed by atoms with van der Waals surface area (Å²) >= 11 is 0. The van der Waals surface area contributed by atoms with Crippen LogP contribution in [-0.2, 0) is 9.59 Å². The molecule has 4 heteroatoms. The minimum atomic E-state index is -0.524. The Morgan fingerprint density at radius 3 is 2.78 bits per heavy atom. The van der Waals surface area contributed by atoms with E-state index in [9.17, 15) is 9.59 Å². The molecule has 2 rings (SSSR count). The second kappa shape index (κ2) is 5.49. The van der Waals surface area contributed by atoms with Gasteiger partial charge in [-0.05, 0) is 18.6 Å². The van der Waals surface area contributed by atoms with Crippen molar-refractivity contribution in [2.75, 3.05) is 13.1 Å². The Labute approximate surface area is 106 Å². The summed E-state index contributed by atoms with van der Waals surface area (Å²) in [6.07, 6.45) is 3.19. The molecule has 94 valence electrons. The van der Waals surface area contributed by atoms with E-state index in [-0.39, 0.29) is 11.8 Å². The molecule has 0 spiro atoms. The van der Waals surface area contributed by atoms with Crippen LogP contribution in [-0.4, -0.2) is 29.8 Å². The number of amides is 2. The maximum atomic E-state index is 12.0. The number of carbonyl (C=O) groups excluding carboxylic acids is 2. The average molecular weight is 244 g/mol. The van der Waals surface area contributed by atoms with Crippen LogP contribution in [0, 0.1) is 0 Å². The molecular formula is C14H16N2O2. The van der Waals surface area contributed by atoms with Crippen LogP contribution in [0.2, 0.25) is 0 Å². The molecule has 1 saturated heterocycles. The summed E-state index contributed by atoms with van der Waals surface area (Å²) in [5.74, 6) is -0.244. The molecule has 0 bridgehead atoms. The summed E-state index contributed by atoms with van der Waals surface area (Å²) in [6, 6.07) is 8.84. The van der Waals surface area contributed by atoms with E-state index in [2.05, 4.69) is 5.32 Å². The number of carbonyl (C=O) groups is 2. The van der Waals surface area contributed by atoms with Gasteiger partial charge < -0.3 is 10.2 Å². The quantitative estimate of drug-likeness (QED) is 0.796. The van der Waals surface area contributed by atoms with Gasteiger partial charge in [0, 0.05) is 13.1 Å². The van der Waals surface area contributed by atoms with Crippen LogP contribution in [0.25, 0.3) is 0 Å². The summed E-state index contributed by atoms with van der Waals surface area (Å²) in [5.41, 5.74) is 0.840. The Balaban J connectivity index is 2.32. The van der Waals surface area contributed by atoms with Crippen molar-refractivity contribution in [1.29, 1.82) is 0 Å². The highest BCUT2D eigenvalue weighted by Gasteiger charge is 2.32. The van der Waals surface area contributed by atoms with Crippen LogP contribution in [0.15, 0.2) is 42.5 Å². The molecule has 0 radical (unpaired) electrons. The van der Waals surface area contributed by atoms with E-state index in [0.29, 0.717) is 13.1 Å². The smallest absolute Gasteiger partial charge is 0.247 e. The lowest BCUT2D eigenvalue weighted by Gasteiger charge is -2.34. The fourth-order valence-corrected chi connectivity index (χ4v) is 2.11. The molecular weight excluding hydrogens is 228 g/mol. The largest absolute Gasteiger partial charge is 0.352 e. The van der Waals surface area contributed by atoms with Crippen molar-refractivity contribution in [2.24, 2.45) is 0 Å². The van der Waals surface area contributed by atoms with Gasteiger partial charge in [-0.3, -0.25) is 9.59 Å². The van der Waals surface area contributed by atoms with Crippen molar-refractivity contribution < 1.29 is 9.59 Å². The van der Waals surface area contributed by atoms with Gasteiger partial charge in [0.05, 0.1) is 0 Å². The fourth-order valence-electron chi connectivity index (χ4n) is 2.11. The molecule has 1 N–H and O–H groups in total. The van der Waals surface area contributed by atoms with Crippen molar-refractivity contribution >= 4 is 11.8 Å². The van der Waals surface area contributed by atoms with E-state index in [1.807, 2.05) is 30.3 Å². The minimum absolute atomic E-state index is 0.120. The molecule has 1 aromatic rings. The standard InChI is InChI=1S/C14H16N2O2/c1-2-6-12(17)16-10-9-15-14(18)13(16)11-7-4-3-5-8-11/h2-8,13H,9-10H2,1H3,(H,15,18)/b6-2+. The Bertz CT molecular complexity index is 468. The van der Waals surface area contributed by atoms with Crippen molar-refractivity contribution in [1.82, 2.24) is 10.2 Å². The van der Waals surface area contributed by atoms with Crippen LogP contribution < -0.4 is 5.32 Å². The van der Waals surface area contributed by atoms with Crippen LogP contribution in [0.1, 0.15) is 18.5 Å². The van der Waals surface area contributed by atoms with E-state index in [4.69, 9.17) is 0 Å². The highest BCUT2D eigenvalue weighted by Crippen LogP contribution is 2.23. The first-order valence-electron chi connectivity index (χ1n) is 6.00. The molecule has 1 heterocycles. The van der Waals surface area contributed by atoms with Gasteiger partial charge in [-0.25, -0.2) is 0 Å². The minimum Gasteiger partial charge on any atom is -0.352 e. The van der Waals surface area contributed by atoms with Crippen LogP contribution in [0.4, 0.5) is 0 Å². The molecule has 18 heavy (non-hydrogen) atoms. The lowest BCUT2D eigenvalue weighted by Crippen LogP contribution is -2.51. The Hall–Kier alpha value is -2.10. The Morgan fingerprint density at radius 1 is 1.39 bits per heavy atom. The van der Waals surface area contributed by atoms with E-state index >= 15 is 0 Å². The topological polar surface area (TPSA) is 49.4 Å². The van der Waals surface area contributed by atoms with Gasteiger partial charge in [0.15, 0.2) is 0 Å². The first kappa shape index (κ1) is 12.4. The van der Waals surface area contributed by atoms with Crippen LogP contribution >= 0.6 is 0 Å². The van der Waals surface area contributed by atoms with Gasteiger partial charge in [0.25, 0.3) is 0 Å². The molecule has 0 saturated carbocycles. The number of nitrogens with one attached hydrogen (secondary N) is 1. The maximum Gasteiger partial charge on any atom is 0.247 e. The van der Waals surface area contributed by atoms with E-state index in [1.165, 1.54) is 6.08 Å². The number of benzene rings is 1. The average Bonchev–Trinajstić information content (AvgIpc) is 2.39.